The van der Waals surface area contributed by atoms with Crippen molar-refractivity contribution in [1.82, 2.24) is 19.7 Å². The molecule has 10 nitrogen and oxygen atoms in total. The van der Waals surface area contributed by atoms with Crippen molar-refractivity contribution in [3.63, 3.8) is 0 Å². The number of carbonyl (C=O) groups excluding carboxylic acids is 3. The van der Waals surface area contributed by atoms with Gasteiger partial charge in [0.15, 0.2) is 17.7 Å². The maximum absolute atomic E-state index is 13.6. The molecule has 0 unspecified atom stereocenters. The molecule has 2 N–H and O–H groups in total. The predicted octanol–water partition coefficient (Wildman–Crippen LogP) is 4.29. The number of carbonyl (C=O) groups is 3. The predicted molar refractivity (Wildman–Crippen MR) is 152 cm³/mol. The number of methoxy groups -OCH3 is 1. The quantitative estimate of drug-likeness (QED) is 0.228. The molecule has 250 valence electrons. The number of ether oxygens (including phenoxy) is 1. The van der Waals surface area contributed by atoms with Gasteiger partial charge in [0.05, 0.1) is 24.6 Å². The zero-order valence-electron chi connectivity index (χ0n) is 24.8. The number of benzene rings is 2. The van der Waals surface area contributed by atoms with Gasteiger partial charge in [-0.15, -0.1) is 5.10 Å². The van der Waals surface area contributed by atoms with Gasteiger partial charge in [0.1, 0.15) is 12.1 Å². The molecule has 2 atom stereocenters. The monoisotopic (exact) mass is 678 g/mol. The number of halogens is 7. The SMILES string of the molecule is COC(=O)C(C)(C)NC(=O)[C@](C)(CC(=O)Cn1nc(-c2ccc(Cl)cc2)n(C[C@H](O)C(F)(F)F)c1=O)c1cccc(C(F)(F)F)c1. The van der Waals surface area contributed by atoms with Crippen molar-refractivity contribution in [1.29, 1.82) is 0 Å². The first-order valence-corrected chi connectivity index (χ1v) is 13.8. The van der Waals surface area contributed by atoms with Crippen molar-refractivity contribution < 1.29 is 50.6 Å². The Morgan fingerprint density at radius 2 is 1.59 bits per heavy atom. The highest BCUT2D eigenvalue weighted by Gasteiger charge is 2.44. The summed E-state index contributed by atoms with van der Waals surface area (Å²) in [6, 6.07) is 9.02. The molecule has 0 bridgehead atoms. The Bertz CT molecular complexity index is 1670. The summed E-state index contributed by atoms with van der Waals surface area (Å²) in [7, 11) is 1.05. The summed E-state index contributed by atoms with van der Waals surface area (Å²) in [5.74, 6) is -3.22. The summed E-state index contributed by atoms with van der Waals surface area (Å²) >= 11 is 5.88. The van der Waals surface area contributed by atoms with Gasteiger partial charge >= 0.3 is 24.0 Å². The number of ketones is 1. The third-order valence-corrected chi connectivity index (χ3v) is 7.34. The van der Waals surface area contributed by atoms with E-state index < -0.39 is 77.8 Å². The van der Waals surface area contributed by atoms with Gasteiger partial charge in [0.2, 0.25) is 5.91 Å². The van der Waals surface area contributed by atoms with Crippen molar-refractivity contribution in [3.05, 3.63) is 75.2 Å². The topological polar surface area (TPSA) is 133 Å². The number of nitrogens with zero attached hydrogens (tertiary/aromatic N) is 3. The second kappa shape index (κ2) is 13.3. The summed E-state index contributed by atoms with van der Waals surface area (Å²) in [6.07, 6.45) is -13.7. The van der Waals surface area contributed by atoms with E-state index in [1.165, 1.54) is 44.2 Å². The van der Waals surface area contributed by atoms with Crippen LogP contribution in [0, 0.1) is 0 Å². The fourth-order valence-corrected chi connectivity index (χ4v) is 4.62. The normalized spacial score (nSPS) is 14.3. The third kappa shape index (κ3) is 8.15. The largest absolute Gasteiger partial charge is 0.467 e. The Morgan fingerprint density at radius 1 is 1.00 bits per heavy atom. The molecule has 17 heteroatoms. The first kappa shape index (κ1) is 36.3. The van der Waals surface area contributed by atoms with Crippen LogP contribution in [0.3, 0.4) is 0 Å². The van der Waals surface area contributed by atoms with E-state index in [1.54, 1.807) is 0 Å². The van der Waals surface area contributed by atoms with Crippen molar-refractivity contribution in [2.24, 2.45) is 0 Å². The summed E-state index contributed by atoms with van der Waals surface area (Å²) < 4.78 is 85.9. The minimum Gasteiger partial charge on any atom is -0.467 e. The van der Waals surface area contributed by atoms with E-state index in [2.05, 4.69) is 15.2 Å². The van der Waals surface area contributed by atoms with E-state index >= 15 is 0 Å². The number of alkyl halides is 6. The standard InChI is InChI=1S/C29H29ClF6N4O6/c1-26(2,24(44)46-4)37-23(43)27(3,17-6-5-7-18(12-17)28(31,32)33)13-20(41)14-40-25(45)39(15-21(42)29(34,35)36)22(38-40)16-8-10-19(30)11-9-16/h5-12,21,42H,13-15H2,1-4H3,(H,37,43)/t21-,27+/m0/s1. The van der Waals surface area contributed by atoms with Gasteiger partial charge in [-0.3, -0.25) is 14.2 Å². The lowest BCUT2D eigenvalue weighted by Crippen LogP contribution is -2.56. The molecule has 0 spiro atoms. The second-order valence-electron chi connectivity index (χ2n) is 11.1. The lowest BCUT2D eigenvalue weighted by molar-refractivity contribution is -0.207. The van der Waals surface area contributed by atoms with Crippen LogP contribution in [0.25, 0.3) is 11.4 Å². The molecule has 1 aromatic heterocycles. The Kier molecular flexibility index (Phi) is 10.5. The number of amides is 1. The lowest BCUT2D eigenvalue weighted by atomic mass is 9.76. The van der Waals surface area contributed by atoms with Crippen LogP contribution in [0.15, 0.2) is 53.3 Å². The summed E-state index contributed by atoms with van der Waals surface area (Å²) in [6.45, 7) is 1.50. The molecule has 0 fully saturated rings. The van der Waals surface area contributed by atoms with Gasteiger partial charge < -0.3 is 15.2 Å². The highest BCUT2D eigenvalue weighted by atomic mass is 35.5. The van der Waals surface area contributed by atoms with Crippen molar-refractivity contribution in [3.8, 4) is 11.4 Å². The molecule has 1 heterocycles. The van der Waals surface area contributed by atoms with Crippen LogP contribution in [-0.2, 0) is 43.8 Å². The molecule has 46 heavy (non-hydrogen) atoms. The maximum atomic E-state index is 13.6. The summed E-state index contributed by atoms with van der Waals surface area (Å²) in [5, 5.41) is 16.3. The molecule has 0 saturated carbocycles. The van der Waals surface area contributed by atoms with Crippen LogP contribution < -0.4 is 11.0 Å². The first-order chi connectivity index (χ1) is 21.1. The number of hydrogen-bond acceptors (Lipinski definition) is 7. The molecular formula is C29H29ClF6N4O6. The third-order valence-electron chi connectivity index (χ3n) is 7.09. The van der Waals surface area contributed by atoms with Gasteiger partial charge in [-0.2, -0.15) is 26.3 Å². The Balaban J connectivity index is 2.06. The van der Waals surface area contributed by atoms with Gasteiger partial charge in [-0.05, 0) is 56.7 Å². The Morgan fingerprint density at radius 3 is 2.13 bits per heavy atom. The number of aliphatic hydroxyl groups excluding tert-OH is 1. The molecule has 0 aliphatic heterocycles. The average molecular weight is 679 g/mol. The van der Waals surface area contributed by atoms with E-state index in [0.29, 0.717) is 15.3 Å². The van der Waals surface area contributed by atoms with Crippen molar-refractivity contribution in [2.75, 3.05) is 7.11 Å². The van der Waals surface area contributed by atoms with Gasteiger partial charge in [0, 0.05) is 17.0 Å². The van der Waals surface area contributed by atoms with E-state index in [4.69, 9.17) is 11.6 Å². The Labute approximate surface area is 262 Å². The van der Waals surface area contributed by atoms with Crippen molar-refractivity contribution >= 4 is 29.3 Å². The molecule has 0 saturated heterocycles. The lowest BCUT2D eigenvalue weighted by Gasteiger charge is -2.33. The number of aromatic nitrogens is 3. The molecule has 1 amide bonds. The van der Waals surface area contributed by atoms with E-state index in [1.807, 2.05) is 0 Å². The highest BCUT2D eigenvalue weighted by molar-refractivity contribution is 6.30. The van der Waals surface area contributed by atoms with Crippen LogP contribution in [0.5, 0.6) is 0 Å². The van der Waals surface area contributed by atoms with Crippen molar-refractivity contribution in [2.45, 2.75) is 69.7 Å². The summed E-state index contributed by atoms with van der Waals surface area (Å²) in [5.41, 5.74) is -6.25. The molecule has 3 aromatic rings. The maximum Gasteiger partial charge on any atom is 0.416 e. The van der Waals surface area contributed by atoms with Crippen LogP contribution >= 0.6 is 11.6 Å². The second-order valence-corrected chi connectivity index (χ2v) is 11.6. The van der Waals surface area contributed by atoms with E-state index in [-0.39, 0.29) is 22.0 Å². The molecule has 2 aromatic carbocycles. The van der Waals surface area contributed by atoms with Gasteiger partial charge in [-0.25, -0.2) is 14.3 Å². The molecular weight excluding hydrogens is 650 g/mol. The zero-order valence-corrected chi connectivity index (χ0v) is 25.5. The van der Waals surface area contributed by atoms with E-state index in [9.17, 15) is 50.6 Å². The number of rotatable bonds is 11. The minimum absolute atomic E-state index is 0.111. The average Bonchev–Trinajstić information content (AvgIpc) is 3.25. The summed E-state index contributed by atoms with van der Waals surface area (Å²) in [4.78, 5) is 52.5. The smallest absolute Gasteiger partial charge is 0.416 e. The number of nitrogens with one attached hydrogen (secondary N) is 1. The molecule has 3 rings (SSSR count). The van der Waals surface area contributed by atoms with E-state index in [0.717, 1.165) is 26.2 Å². The van der Waals surface area contributed by atoms with Gasteiger partial charge in [0.25, 0.3) is 0 Å². The minimum atomic E-state index is -5.10. The van der Waals surface area contributed by atoms with Crippen LogP contribution in [0.4, 0.5) is 26.3 Å². The fourth-order valence-electron chi connectivity index (χ4n) is 4.49. The molecule has 0 radical (unpaired) electrons. The van der Waals surface area contributed by atoms with Crippen LogP contribution in [-0.4, -0.2) is 62.0 Å². The first-order valence-electron chi connectivity index (χ1n) is 13.4. The number of esters is 1. The van der Waals surface area contributed by atoms with Gasteiger partial charge in [-0.1, -0.05) is 29.8 Å². The highest BCUT2D eigenvalue weighted by Crippen LogP contribution is 2.35. The Hall–Kier alpha value is -4.18. The number of Topliss-reactive ketones (excluding diaryl/α,β-unsaturated/α-hetero) is 1. The fraction of sp³-hybridized carbons (Fsp3) is 0.414. The number of aliphatic hydroxyl groups is 1. The zero-order chi connectivity index (χ0) is 34.8. The number of hydrogen-bond donors (Lipinski definition) is 2. The van der Waals surface area contributed by atoms with Crippen LogP contribution in [0.2, 0.25) is 5.02 Å². The van der Waals surface area contributed by atoms with Crippen LogP contribution in [0.1, 0.15) is 38.3 Å². The molecule has 0 aliphatic rings. The molecule has 0 aliphatic carbocycles.